The fraction of sp³-hybridized carbons (Fsp3) is 0.444. The van der Waals surface area contributed by atoms with E-state index in [2.05, 4.69) is 21.1 Å². The van der Waals surface area contributed by atoms with Crippen LogP contribution in [0.3, 0.4) is 0 Å². The number of ether oxygens (including phenoxy) is 1. The lowest BCUT2D eigenvalue weighted by Gasteiger charge is -2.24. The third kappa shape index (κ3) is 4.91. The van der Waals surface area contributed by atoms with Crippen molar-refractivity contribution in [3.05, 3.63) is 12.7 Å². The van der Waals surface area contributed by atoms with Crippen molar-refractivity contribution >= 4 is 17.8 Å². The number of amides is 1. The molecule has 0 aliphatic rings. The van der Waals surface area contributed by atoms with E-state index in [1.165, 1.54) is 6.92 Å². The molecule has 1 unspecified atom stereocenters. The average Bonchev–Trinajstić information content (AvgIpc) is 2.35. The Morgan fingerprint density at radius 3 is 2.50 bits per heavy atom. The van der Waals surface area contributed by atoms with Crippen LogP contribution in [0, 0.1) is 0 Å². The molecule has 1 atom stereocenters. The molecular weight excluding hydrogens is 248 g/mol. The van der Waals surface area contributed by atoms with Crippen LogP contribution >= 0.6 is 0 Å². The number of carbonyl (C=O) groups is 3. The van der Waals surface area contributed by atoms with Crippen molar-refractivity contribution in [1.82, 2.24) is 5.32 Å². The third-order valence-electron chi connectivity index (χ3n) is 1.49. The zero-order chi connectivity index (χ0) is 14.2. The summed E-state index contributed by atoms with van der Waals surface area (Å²) < 4.78 is 4.61. The Morgan fingerprint density at radius 2 is 2.06 bits per heavy atom. The topological polar surface area (TPSA) is 137 Å². The van der Waals surface area contributed by atoms with Gasteiger partial charge in [-0.3, -0.25) is 10.1 Å². The Hall–Kier alpha value is -1.97. The smallest absolute Gasteiger partial charge is 0.340 e. The quantitative estimate of drug-likeness (QED) is 0.215. The van der Waals surface area contributed by atoms with Crippen LogP contribution in [-0.2, 0) is 28.9 Å². The van der Waals surface area contributed by atoms with E-state index >= 15 is 0 Å². The third-order valence-corrected chi connectivity index (χ3v) is 1.49. The Bertz CT molecular complexity index is 344. The van der Waals surface area contributed by atoms with Gasteiger partial charge < -0.3 is 15.6 Å². The number of carbonyl (C=O) groups excluding carboxylic acids is 3. The SMILES string of the molecule is C=CC(=O)OOC(=O)C(O)(NC(=O)CN)OCC. The van der Waals surface area contributed by atoms with Crippen molar-refractivity contribution < 1.29 is 34.0 Å². The predicted molar refractivity (Wildman–Crippen MR) is 56.2 cm³/mol. The van der Waals surface area contributed by atoms with Gasteiger partial charge in [0.05, 0.1) is 6.54 Å². The molecule has 1 amide bonds. The molecule has 0 spiro atoms. The van der Waals surface area contributed by atoms with Gasteiger partial charge in [-0.15, -0.1) is 0 Å². The van der Waals surface area contributed by atoms with E-state index in [9.17, 15) is 19.5 Å². The highest BCUT2D eigenvalue weighted by atomic mass is 17.2. The van der Waals surface area contributed by atoms with E-state index in [1.54, 1.807) is 5.32 Å². The van der Waals surface area contributed by atoms with E-state index in [0.717, 1.165) is 6.08 Å². The van der Waals surface area contributed by atoms with Crippen LogP contribution in [0.1, 0.15) is 6.92 Å². The Kier molecular flexibility index (Phi) is 6.57. The van der Waals surface area contributed by atoms with E-state index < -0.39 is 30.3 Å². The lowest BCUT2D eigenvalue weighted by Crippen LogP contribution is -2.58. The molecule has 0 aromatic rings. The lowest BCUT2D eigenvalue weighted by molar-refractivity contribution is -0.297. The molecule has 0 saturated heterocycles. The second-order valence-electron chi connectivity index (χ2n) is 2.81. The summed E-state index contributed by atoms with van der Waals surface area (Å²) in [5.74, 6) is -6.27. The predicted octanol–water partition coefficient (Wildman–Crippen LogP) is -2.07. The molecular formula is C9H14N2O7. The minimum atomic E-state index is -2.79. The molecule has 0 rings (SSSR count). The van der Waals surface area contributed by atoms with E-state index in [0.29, 0.717) is 0 Å². The second kappa shape index (κ2) is 7.37. The standard InChI is InChI=1S/C9H14N2O7/c1-3-7(13)17-18-8(14)9(15,16-4-2)11-6(12)5-10/h3,15H,1,4-5,10H2,2H3,(H,11,12). The van der Waals surface area contributed by atoms with Gasteiger partial charge in [0.1, 0.15) is 0 Å². The first-order valence-corrected chi connectivity index (χ1v) is 4.82. The molecule has 0 aromatic carbocycles. The highest BCUT2D eigenvalue weighted by Gasteiger charge is 2.42. The summed E-state index contributed by atoms with van der Waals surface area (Å²) in [6, 6.07) is 0. The van der Waals surface area contributed by atoms with Gasteiger partial charge in [-0.2, -0.15) is 0 Å². The van der Waals surface area contributed by atoms with Gasteiger partial charge in [0, 0.05) is 12.7 Å². The fourth-order valence-electron chi connectivity index (χ4n) is 0.764. The van der Waals surface area contributed by atoms with Crippen molar-refractivity contribution in [2.45, 2.75) is 12.8 Å². The molecule has 4 N–H and O–H groups in total. The van der Waals surface area contributed by atoms with E-state index in [1.807, 2.05) is 0 Å². The van der Waals surface area contributed by atoms with Crippen LogP contribution in [0.25, 0.3) is 0 Å². The second-order valence-corrected chi connectivity index (χ2v) is 2.81. The van der Waals surface area contributed by atoms with Crippen molar-refractivity contribution in [1.29, 1.82) is 0 Å². The van der Waals surface area contributed by atoms with Crippen LogP contribution in [0.4, 0.5) is 0 Å². The van der Waals surface area contributed by atoms with Gasteiger partial charge in [0.25, 0.3) is 0 Å². The molecule has 0 bridgehead atoms. The van der Waals surface area contributed by atoms with Gasteiger partial charge in [-0.25, -0.2) is 19.4 Å². The van der Waals surface area contributed by atoms with E-state index in [-0.39, 0.29) is 6.61 Å². The van der Waals surface area contributed by atoms with Gasteiger partial charge in [-0.1, -0.05) is 6.58 Å². The molecule has 102 valence electrons. The normalized spacial score (nSPS) is 13.1. The molecule has 0 radical (unpaired) electrons. The number of nitrogens with two attached hydrogens (primary N) is 1. The van der Waals surface area contributed by atoms with Crippen LogP contribution in [0.2, 0.25) is 0 Å². The van der Waals surface area contributed by atoms with Crippen LogP contribution in [0.15, 0.2) is 12.7 Å². The summed E-state index contributed by atoms with van der Waals surface area (Å²) >= 11 is 0. The van der Waals surface area contributed by atoms with Gasteiger partial charge in [0.2, 0.25) is 5.91 Å². The minimum Gasteiger partial charge on any atom is -0.340 e. The molecule has 0 saturated carbocycles. The van der Waals surface area contributed by atoms with Crippen molar-refractivity contribution in [3.8, 4) is 0 Å². The van der Waals surface area contributed by atoms with Gasteiger partial charge in [0.15, 0.2) is 0 Å². The average molecular weight is 262 g/mol. The first-order valence-electron chi connectivity index (χ1n) is 4.82. The number of aliphatic hydroxyl groups is 1. The maximum atomic E-state index is 11.4. The molecule has 0 fully saturated rings. The Morgan fingerprint density at radius 1 is 1.44 bits per heavy atom. The van der Waals surface area contributed by atoms with Crippen molar-refractivity contribution in [2.24, 2.45) is 5.73 Å². The Balaban J connectivity index is 4.64. The molecule has 18 heavy (non-hydrogen) atoms. The monoisotopic (exact) mass is 262 g/mol. The first-order chi connectivity index (χ1) is 8.39. The number of nitrogens with one attached hydrogen (secondary N) is 1. The lowest BCUT2D eigenvalue weighted by atomic mass is 10.4. The largest absolute Gasteiger partial charge is 0.437 e. The molecule has 0 heterocycles. The van der Waals surface area contributed by atoms with Crippen molar-refractivity contribution in [3.63, 3.8) is 0 Å². The summed E-state index contributed by atoms with van der Waals surface area (Å²) in [4.78, 5) is 40.9. The maximum Gasteiger partial charge on any atom is 0.437 e. The number of rotatable bonds is 6. The molecule has 0 aromatic heterocycles. The van der Waals surface area contributed by atoms with Gasteiger partial charge in [-0.05, 0) is 6.92 Å². The van der Waals surface area contributed by atoms with Crippen LogP contribution in [0.5, 0.6) is 0 Å². The summed E-state index contributed by atoms with van der Waals surface area (Å²) in [5, 5.41) is 11.4. The maximum absolute atomic E-state index is 11.4. The van der Waals surface area contributed by atoms with Crippen molar-refractivity contribution in [2.75, 3.05) is 13.2 Å². The first kappa shape index (κ1) is 16.0. The summed E-state index contributed by atoms with van der Waals surface area (Å²) in [6.45, 7) is 3.88. The summed E-state index contributed by atoms with van der Waals surface area (Å²) in [7, 11) is 0. The molecule has 0 aliphatic carbocycles. The summed E-state index contributed by atoms with van der Waals surface area (Å²) in [5.41, 5.74) is 4.99. The van der Waals surface area contributed by atoms with E-state index in [4.69, 9.17) is 5.73 Å². The minimum absolute atomic E-state index is 0.133. The van der Waals surface area contributed by atoms with Crippen LogP contribution in [-0.4, -0.2) is 42.0 Å². The fourth-order valence-corrected chi connectivity index (χ4v) is 0.764. The highest BCUT2D eigenvalue weighted by Crippen LogP contribution is 2.06. The zero-order valence-electron chi connectivity index (χ0n) is 9.67. The molecule has 0 aliphatic heterocycles. The Labute approximate surface area is 102 Å². The molecule has 9 heteroatoms. The number of hydrogen-bond acceptors (Lipinski definition) is 8. The molecule has 9 nitrogen and oxygen atoms in total. The zero-order valence-corrected chi connectivity index (χ0v) is 9.67. The number of hydrogen-bond donors (Lipinski definition) is 3. The highest BCUT2D eigenvalue weighted by molar-refractivity contribution is 5.87. The van der Waals surface area contributed by atoms with Crippen LogP contribution < -0.4 is 11.1 Å². The van der Waals surface area contributed by atoms with Gasteiger partial charge >= 0.3 is 17.8 Å². The summed E-state index contributed by atoms with van der Waals surface area (Å²) in [6.07, 6.45) is 0.728.